The molecule has 0 heterocycles. The first-order chi connectivity index (χ1) is 11.2. The minimum Gasteiger partial charge on any atom is -0.487 e. The Labute approximate surface area is 138 Å². The van der Waals surface area contributed by atoms with E-state index in [0.29, 0.717) is 0 Å². The lowest BCUT2D eigenvalue weighted by Crippen LogP contribution is -2.17. The fourth-order valence-electron chi connectivity index (χ4n) is 1.81. The zero-order valence-corrected chi connectivity index (χ0v) is 12.5. The van der Waals surface area contributed by atoms with Crippen molar-refractivity contribution in [3.63, 3.8) is 0 Å². The van der Waals surface area contributed by atoms with Crippen molar-refractivity contribution in [2.45, 2.75) is 13.0 Å². The maximum atomic E-state index is 13.9. The SMILES string of the molecule is O=C(O)c1cccc(COc2ccc(OC(F)(F)F)cc2Cl)c1F. The number of rotatable bonds is 5. The Bertz CT molecular complexity index is 762. The van der Waals surface area contributed by atoms with Crippen LogP contribution in [0.15, 0.2) is 36.4 Å². The predicted molar refractivity (Wildman–Crippen MR) is 75.8 cm³/mol. The number of carboxylic acids is 1. The number of benzene rings is 2. The summed E-state index contributed by atoms with van der Waals surface area (Å²) in [5.41, 5.74) is -0.558. The summed E-state index contributed by atoms with van der Waals surface area (Å²) in [6.45, 7) is -0.355. The first-order valence-electron chi connectivity index (χ1n) is 6.36. The molecule has 4 nitrogen and oxygen atoms in total. The van der Waals surface area contributed by atoms with Gasteiger partial charge in [0.2, 0.25) is 0 Å². The molecule has 0 fully saturated rings. The van der Waals surface area contributed by atoms with E-state index in [4.69, 9.17) is 21.4 Å². The molecule has 0 atom stereocenters. The average Bonchev–Trinajstić information content (AvgIpc) is 2.45. The second-order valence-electron chi connectivity index (χ2n) is 4.51. The fraction of sp³-hybridized carbons (Fsp3) is 0.133. The van der Waals surface area contributed by atoms with Gasteiger partial charge in [0.15, 0.2) is 0 Å². The van der Waals surface area contributed by atoms with Gasteiger partial charge in [0, 0.05) is 11.6 Å². The van der Waals surface area contributed by atoms with E-state index in [1.165, 1.54) is 12.1 Å². The first-order valence-corrected chi connectivity index (χ1v) is 6.74. The molecule has 2 aromatic carbocycles. The van der Waals surface area contributed by atoms with Gasteiger partial charge in [0.1, 0.15) is 23.9 Å². The second-order valence-corrected chi connectivity index (χ2v) is 4.92. The number of alkyl halides is 3. The lowest BCUT2D eigenvalue weighted by atomic mass is 10.1. The molecule has 0 amide bonds. The van der Waals surface area contributed by atoms with Gasteiger partial charge in [-0.05, 0) is 18.2 Å². The van der Waals surface area contributed by atoms with Crippen LogP contribution in [-0.2, 0) is 6.61 Å². The van der Waals surface area contributed by atoms with Gasteiger partial charge < -0.3 is 14.6 Å². The molecular weight excluding hydrogens is 356 g/mol. The lowest BCUT2D eigenvalue weighted by Gasteiger charge is -2.12. The molecule has 2 aromatic rings. The third-order valence-electron chi connectivity index (χ3n) is 2.83. The number of hydrogen-bond acceptors (Lipinski definition) is 3. The molecule has 24 heavy (non-hydrogen) atoms. The third-order valence-corrected chi connectivity index (χ3v) is 3.12. The van der Waals surface area contributed by atoms with E-state index >= 15 is 0 Å². The fourth-order valence-corrected chi connectivity index (χ4v) is 2.03. The maximum Gasteiger partial charge on any atom is 0.573 e. The van der Waals surface area contributed by atoms with Crippen molar-refractivity contribution in [2.75, 3.05) is 0 Å². The van der Waals surface area contributed by atoms with Gasteiger partial charge in [-0.1, -0.05) is 23.7 Å². The smallest absolute Gasteiger partial charge is 0.487 e. The summed E-state index contributed by atoms with van der Waals surface area (Å²) in [6.07, 6.45) is -4.86. The molecule has 0 radical (unpaired) electrons. The highest BCUT2D eigenvalue weighted by molar-refractivity contribution is 6.32. The van der Waals surface area contributed by atoms with Gasteiger partial charge in [-0.2, -0.15) is 0 Å². The summed E-state index contributed by atoms with van der Waals surface area (Å²) in [4.78, 5) is 10.8. The van der Waals surface area contributed by atoms with E-state index in [9.17, 15) is 22.4 Å². The molecule has 0 aliphatic heterocycles. The van der Waals surface area contributed by atoms with E-state index < -0.39 is 29.5 Å². The largest absolute Gasteiger partial charge is 0.573 e. The van der Waals surface area contributed by atoms with E-state index in [1.807, 2.05) is 0 Å². The topological polar surface area (TPSA) is 55.8 Å². The monoisotopic (exact) mass is 364 g/mol. The summed E-state index contributed by atoms with van der Waals surface area (Å²) in [5, 5.41) is 8.66. The normalized spacial score (nSPS) is 11.2. The zero-order valence-electron chi connectivity index (χ0n) is 11.7. The first kappa shape index (κ1) is 17.9. The molecular formula is C15H9ClF4O4. The Morgan fingerprint density at radius 2 is 1.92 bits per heavy atom. The lowest BCUT2D eigenvalue weighted by molar-refractivity contribution is -0.274. The van der Waals surface area contributed by atoms with Crippen LogP contribution >= 0.6 is 11.6 Å². The van der Waals surface area contributed by atoms with Crippen LogP contribution in [0.1, 0.15) is 15.9 Å². The van der Waals surface area contributed by atoms with Crippen LogP contribution in [0.2, 0.25) is 5.02 Å². The highest BCUT2D eigenvalue weighted by atomic mass is 35.5. The highest BCUT2D eigenvalue weighted by Crippen LogP contribution is 2.32. The van der Waals surface area contributed by atoms with Gasteiger partial charge in [0.05, 0.1) is 10.6 Å². The summed E-state index contributed by atoms with van der Waals surface area (Å²) in [7, 11) is 0. The summed E-state index contributed by atoms with van der Waals surface area (Å²) in [5.74, 6) is -2.93. The minimum atomic E-state index is -4.86. The van der Waals surface area contributed by atoms with Crippen LogP contribution in [0.5, 0.6) is 11.5 Å². The van der Waals surface area contributed by atoms with Crippen LogP contribution in [0.4, 0.5) is 17.6 Å². The Hall–Kier alpha value is -2.48. The third kappa shape index (κ3) is 4.51. The molecule has 0 aromatic heterocycles. The summed E-state index contributed by atoms with van der Waals surface area (Å²) < 4.78 is 59.2. The van der Waals surface area contributed by atoms with Gasteiger partial charge in [0.25, 0.3) is 0 Å². The number of aromatic carboxylic acids is 1. The van der Waals surface area contributed by atoms with E-state index in [1.54, 1.807) is 0 Å². The van der Waals surface area contributed by atoms with Crippen molar-refractivity contribution in [3.8, 4) is 11.5 Å². The molecule has 1 N–H and O–H groups in total. The van der Waals surface area contributed by atoms with Gasteiger partial charge in [-0.15, -0.1) is 13.2 Å². The second kappa shape index (κ2) is 6.96. The van der Waals surface area contributed by atoms with Crippen molar-refractivity contribution >= 4 is 17.6 Å². The van der Waals surface area contributed by atoms with Crippen LogP contribution in [0, 0.1) is 5.82 Å². The minimum absolute atomic E-state index is 0.00804. The highest BCUT2D eigenvalue weighted by Gasteiger charge is 2.31. The Morgan fingerprint density at radius 3 is 2.50 bits per heavy atom. The predicted octanol–water partition coefficient (Wildman–Crippen LogP) is 4.65. The molecule has 0 saturated carbocycles. The Morgan fingerprint density at radius 1 is 1.21 bits per heavy atom. The van der Waals surface area contributed by atoms with E-state index in [0.717, 1.165) is 24.3 Å². The molecule has 128 valence electrons. The molecule has 9 heteroatoms. The van der Waals surface area contributed by atoms with Crippen LogP contribution in [0.3, 0.4) is 0 Å². The average molecular weight is 365 g/mol. The summed E-state index contributed by atoms with van der Waals surface area (Å²) in [6, 6.07) is 6.76. The van der Waals surface area contributed by atoms with E-state index in [2.05, 4.69) is 4.74 Å². The number of ether oxygens (including phenoxy) is 2. The number of hydrogen-bond donors (Lipinski definition) is 1. The standard InChI is InChI=1S/C15H9ClF4O4/c16-11-6-9(24-15(18,19)20)4-5-12(11)23-7-8-2-1-3-10(13(8)17)14(21)22/h1-6H,7H2,(H,21,22). The van der Waals surface area contributed by atoms with Crippen LogP contribution in [-0.4, -0.2) is 17.4 Å². The van der Waals surface area contributed by atoms with E-state index in [-0.39, 0.29) is 22.9 Å². The van der Waals surface area contributed by atoms with Crippen molar-refractivity contribution in [1.29, 1.82) is 0 Å². The van der Waals surface area contributed by atoms with Crippen molar-refractivity contribution < 1.29 is 36.9 Å². The van der Waals surface area contributed by atoms with Gasteiger partial charge in [-0.25, -0.2) is 9.18 Å². The number of halogens is 5. The Balaban J connectivity index is 2.13. The summed E-state index contributed by atoms with van der Waals surface area (Å²) >= 11 is 5.79. The van der Waals surface area contributed by atoms with Crippen molar-refractivity contribution in [1.82, 2.24) is 0 Å². The molecule has 0 saturated heterocycles. The van der Waals surface area contributed by atoms with Crippen molar-refractivity contribution in [2.24, 2.45) is 0 Å². The van der Waals surface area contributed by atoms with Crippen LogP contribution < -0.4 is 9.47 Å². The quantitative estimate of drug-likeness (QED) is 0.784. The molecule has 2 rings (SSSR count). The zero-order chi connectivity index (χ0) is 17.9. The number of carboxylic acid groups (broad SMARTS) is 1. The molecule has 0 aliphatic carbocycles. The van der Waals surface area contributed by atoms with Gasteiger partial charge in [-0.3, -0.25) is 0 Å². The Kier molecular flexibility index (Phi) is 5.18. The molecule has 0 aliphatic rings. The molecule has 0 bridgehead atoms. The number of carbonyl (C=O) groups is 1. The van der Waals surface area contributed by atoms with Crippen LogP contribution in [0.25, 0.3) is 0 Å². The maximum absolute atomic E-state index is 13.9. The van der Waals surface area contributed by atoms with Crippen molar-refractivity contribution in [3.05, 3.63) is 58.4 Å². The molecule has 0 unspecified atom stereocenters. The molecule has 0 spiro atoms. The van der Waals surface area contributed by atoms with Gasteiger partial charge >= 0.3 is 12.3 Å².